The number of hydrogen-bond acceptors (Lipinski definition) is 7. The van der Waals surface area contributed by atoms with Gasteiger partial charge in [0.25, 0.3) is 0 Å². The van der Waals surface area contributed by atoms with Crippen molar-refractivity contribution in [2.24, 2.45) is 0 Å². The van der Waals surface area contributed by atoms with Crippen molar-refractivity contribution in [3.8, 4) is 17.0 Å². The first-order valence-electron chi connectivity index (χ1n) is 9.65. The van der Waals surface area contributed by atoms with Crippen molar-refractivity contribution in [1.82, 2.24) is 19.5 Å². The molecule has 0 amide bonds. The molecule has 4 rings (SSSR count). The second-order valence-electron chi connectivity index (χ2n) is 6.77. The van der Waals surface area contributed by atoms with Gasteiger partial charge in [0.15, 0.2) is 5.65 Å². The second-order valence-corrected chi connectivity index (χ2v) is 6.77. The molecule has 148 valence electrons. The van der Waals surface area contributed by atoms with Gasteiger partial charge in [-0.2, -0.15) is 4.98 Å². The van der Waals surface area contributed by atoms with Gasteiger partial charge in [-0.3, -0.25) is 4.57 Å². The predicted octanol–water partition coefficient (Wildman–Crippen LogP) is 3.00. The van der Waals surface area contributed by atoms with Gasteiger partial charge in [-0.1, -0.05) is 0 Å². The first-order valence-corrected chi connectivity index (χ1v) is 9.65. The SMILES string of the molecule is COc1ccc(-c2nc(NCCCO)nc3c2ncn3C2CCCCO2)cc1. The maximum Gasteiger partial charge on any atom is 0.225 e. The lowest BCUT2D eigenvalue weighted by Crippen LogP contribution is -2.18. The van der Waals surface area contributed by atoms with E-state index >= 15 is 0 Å². The largest absolute Gasteiger partial charge is 0.497 e. The zero-order chi connectivity index (χ0) is 19.3. The Labute approximate surface area is 163 Å². The summed E-state index contributed by atoms with van der Waals surface area (Å²) in [6.07, 6.45) is 5.53. The number of anilines is 1. The number of hydrogen-bond donors (Lipinski definition) is 2. The van der Waals surface area contributed by atoms with E-state index in [2.05, 4.69) is 10.3 Å². The van der Waals surface area contributed by atoms with Crippen molar-refractivity contribution < 1.29 is 14.6 Å². The molecule has 0 spiro atoms. The topological polar surface area (TPSA) is 94.3 Å². The summed E-state index contributed by atoms with van der Waals surface area (Å²) < 4.78 is 13.2. The standard InChI is InChI=1S/C20H25N5O3/c1-27-15-8-6-14(7-9-15)17-18-19(24-20(23-17)21-10-4-11-26)25(13-22-18)16-5-2-3-12-28-16/h6-9,13,16,26H,2-5,10-12H2,1H3,(H,21,23,24). The Morgan fingerprint density at radius 3 is 2.82 bits per heavy atom. The third-order valence-electron chi connectivity index (χ3n) is 4.87. The van der Waals surface area contributed by atoms with Gasteiger partial charge in [-0.05, 0) is 49.9 Å². The monoisotopic (exact) mass is 383 g/mol. The number of aliphatic hydroxyl groups is 1. The zero-order valence-corrected chi connectivity index (χ0v) is 16.0. The number of aliphatic hydroxyl groups excluding tert-OH is 1. The van der Waals surface area contributed by atoms with Gasteiger partial charge >= 0.3 is 0 Å². The number of fused-ring (bicyclic) bond motifs is 1. The van der Waals surface area contributed by atoms with Crippen LogP contribution >= 0.6 is 0 Å². The van der Waals surface area contributed by atoms with E-state index < -0.39 is 0 Å². The van der Waals surface area contributed by atoms with Crippen molar-refractivity contribution in [3.63, 3.8) is 0 Å². The van der Waals surface area contributed by atoms with Crippen molar-refractivity contribution in [3.05, 3.63) is 30.6 Å². The van der Waals surface area contributed by atoms with Crippen LogP contribution in [0.25, 0.3) is 22.4 Å². The molecule has 0 saturated carbocycles. The predicted molar refractivity (Wildman–Crippen MR) is 106 cm³/mol. The molecule has 1 fully saturated rings. The lowest BCUT2D eigenvalue weighted by Gasteiger charge is -2.23. The molecule has 1 unspecified atom stereocenters. The van der Waals surface area contributed by atoms with Crippen molar-refractivity contribution >= 4 is 17.1 Å². The van der Waals surface area contributed by atoms with Gasteiger partial charge in [0.1, 0.15) is 23.2 Å². The molecule has 2 aromatic heterocycles. The quantitative estimate of drug-likeness (QED) is 0.606. The third kappa shape index (κ3) is 3.79. The number of imidazole rings is 1. The summed E-state index contributed by atoms with van der Waals surface area (Å²) in [7, 11) is 1.65. The molecule has 8 nitrogen and oxygen atoms in total. The summed E-state index contributed by atoms with van der Waals surface area (Å²) in [4.78, 5) is 14.0. The summed E-state index contributed by atoms with van der Waals surface area (Å²) in [5.74, 6) is 1.31. The van der Waals surface area contributed by atoms with Crippen LogP contribution in [-0.2, 0) is 4.74 Å². The molecule has 3 aromatic rings. The summed E-state index contributed by atoms with van der Waals surface area (Å²) in [5, 5.41) is 12.3. The first-order chi connectivity index (χ1) is 13.8. The number of nitrogens with zero attached hydrogens (tertiary/aromatic N) is 4. The van der Waals surface area contributed by atoms with Crippen LogP contribution in [0.1, 0.15) is 31.9 Å². The Hall–Kier alpha value is -2.71. The fourth-order valence-corrected chi connectivity index (χ4v) is 3.38. The molecule has 3 heterocycles. The Morgan fingerprint density at radius 1 is 1.25 bits per heavy atom. The Bertz CT molecular complexity index is 919. The highest BCUT2D eigenvalue weighted by Gasteiger charge is 2.21. The lowest BCUT2D eigenvalue weighted by atomic mass is 10.1. The van der Waals surface area contributed by atoms with Crippen molar-refractivity contribution in [2.75, 3.05) is 32.2 Å². The third-order valence-corrected chi connectivity index (χ3v) is 4.87. The molecule has 2 N–H and O–H groups in total. The van der Waals surface area contributed by atoms with Crippen LogP contribution < -0.4 is 10.1 Å². The van der Waals surface area contributed by atoms with Gasteiger partial charge < -0.3 is 19.9 Å². The minimum atomic E-state index is -0.0531. The van der Waals surface area contributed by atoms with Gasteiger partial charge in [-0.15, -0.1) is 0 Å². The molecule has 1 aliphatic heterocycles. The minimum absolute atomic E-state index is 0.0531. The fraction of sp³-hybridized carbons (Fsp3) is 0.450. The van der Waals surface area contributed by atoms with Crippen LogP contribution in [0.5, 0.6) is 5.75 Å². The number of rotatable bonds is 7. The highest BCUT2D eigenvalue weighted by Crippen LogP contribution is 2.31. The summed E-state index contributed by atoms with van der Waals surface area (Å²) in [6.45, 7) is 1.47. The number of benzene rings is 1. The maximum absolute atomic E-state index is 9.06. The zero-order valence-electron chi connectivity index (χ0n) is 16.0. The Balaban J connectivity index is 1.78. The number of nitrogens with one attached hydrogen (secondary N) is 1. The molecular weight excluding hydrogens is 358 g/mol. The highest BCUT2D eigenvalue weighted by atomic mass is 16.5. The molecule has 0 aliphatic carbocycles. The summed E-state index contributed by atoms with van der Waals surface area (Å²) in [5.41, 5.74) is 3.19. The van der Waals surface area contributed by atoms with Crippen LogP contribution in [0.15, 0.2) is 30.6 Å². The van der Waals surface area contributed by atoms with E-state index in [9.17, 15) is 0 Å². The van der Waals surface area contributed by atoms with E-state index in [0.29, 0.717) is 18.9 Å². The van der Waals surface area contributed by atoms with E-state index in [-0.39, 0.29) is 12.8 Å². The molecule has 28 heavy (non-hydrogen) atoms. The van der Waals surface area contributed by atoms with Gasteiger partial charge in [-0.25, -0.2) is 9.97 Å². The van der Waals surface area contributed by atoms with Gasteiger partial charge in [0, 0.05) is 25.3 Å². The van der Waals surface area contributed by atoms with Crippen LogP contribution in [0, 0.1) is 0 Å². The normalized spacial score (nSPS) is 17.0. The molecule has 1 aliphatic rings. The average Bonchev–Trinajstić information content (AvgIpc) is 3.18. The Morgan fingerprint density at radius 2 is 2.11 bits per heavy atom. The molecule has 1 atom stereocenters. The number of methoxy groups -OCH3 is 1. The molecule has 0 bridgehead atoms. The van der Waals surface area contributed by atoms with Crippen LogP contribution in [0.4, 0.5) is 5.95 Å². The summed E-state index contributed by atoms with van der Waals surface area (Å²) in [6, 6.07) is 7.75. The van der Waals surface area contributed by atoms with Crippen molar-refractivity contribution in [2.45, 2.75) is 31.9 Å². The fourth-order valence-electron chi connectivity index (χ4n) is 3.38. The van der Waals surface area contributed by atoms with Crippen molar-refractivity contribution in [1.29, 1.82) is 0 Å². The van der Waals surface area contributed by atoms with E-state index in [0.717, 1.165) is 54.0 Å². The van der Waals surface area contributed by atoms with Crippen LogP contribution in [-0.4, -0.2) is 51.5 Å². The van der Waals surface area contributed by atoms with E-state index in [1.165, 1.54) is 0 Å². The molecular formula is C20H25N5O3. The van der Waals surface area contributed by atoms with Crippen LogP contribution in [0.3, 0.4) is 0 Å². The lowest BCUT2D eigenvalue weighted by molar-refractivity contribution is -0.0298. The maximum atomic E-state index is 9.06. The smallest absolute Gasteiger partial charge is 0.225 e. The molecule has 1 aromatic carbocycles. The Kier molecular flexibility index (Phi) is 5.68. The first kappa shape index (κ1) is 18.6. The number of aromatic nitrogens is 4. The average molecular weight is 383 g/mol. The molecule has 8 heteroatoms. The number of ether oxygens (including phenoxy) is 2. The highest BCUT2D eigenvalue weighted by molar-refractivity contribution is 5.88. The second kappa shape index (κ2) is 8.53. The minimum Gasteiger partial charge on any atom is -0.497 e. The summed E-state index contributed by atoms with van der Waals surface area (Å²) >= 11 is 0. The van der Waals surface area contributed by atoms with E-state index in [4.69, 9.17) is 24.5 Å². The molecule has 0 radical (unpaired) electrons. The van der Waals surface area contributed by atoms with E-state index in [1.54, 1.807) is 13.4 Å². The van der Waals surface area contributed by atoms with E-state index in [1.807, 2.05) is 28.8 Å². The molecule has 1 saturated heterocycles. The van der Waals surface area contributed by atoms with Crippen LogP contribution in [0.2, 0.25) is 0 Å². The van der Waals surface area contributed by atoms with Gasteiger partial charge in [0.05, 0.1) is 13.4 Å². The van der Waals surface area contributed by atoms with Gasteiger partial charge in [0.2, 0.25) is 5.95 Å².